The monoisotopic (exact) mass is 399 g/mol. The van der Waals surface area contributed by atoms with Crippen molar-refractivity contribution in [3.05, 3.63) is 53.1 Å². The van der Waals surface area contributed by atoms with Gasteiger partial charge in [0.15, 0.2) is 0 Å². The average molecular weight is 399 g/mol. The molecule has 156 valence electrons. The van der Waals surface area contributed by atoms with Crippen molar-refractivity contribution in [3.8, 4) is 0 Å². The van der Waals surface area contributed by atoms with Crippen molar-refractivity contribution in [2.75, 3.05) is 19.7 Å². The highest BCUT2D eigenvalue weighted by atomic mass is 16.5. The number of carbonyl (C=O) groups is 2. The van der Waals surface area contributed by atoms with Crippen LogP contribution < -0.4 is 0 Å². The number of imidazole rings is 1. The Morgan fingerprint density at radius 1 is 1.34 bits per heavy atom. The van der Waals surface area contributed by atoms with Gasteiger partial charge in [0.05, 0.1) is 19.1 Å². The van der Waals surface area contributed by atoms with Gasteiger partial charge in [0.1, 0.15) is 5.69 Å². The number of benzene rings is 1. The van der Waals surface area contributed by atoms with Crippen LogP contribution in [-0.4, -0.2) is 51.3 Å². The van der Waals surface area contributed by atoms with E-state index in [1.54, 1.807) is 17.8 Å². The van der Waals surface area contributed by atoms with Gasteiger partial charge in [0.25, 0.3) is 0 Å². The summed E-state index contributed by atoms with van der Waals surface area (Å²) in [6, 6.07) is 6.34. The fourth-order valence-electron chi connectivity index (χ4n) is 4.05. The van der Waals surface area contributed by atoms with Crippen LogP contribution in [0.25, 0.3) is 0 Å². The maximum absolute atomic E-state index is 12.1. The third-order valence-corrected chi connectivity index (χ3v) is 5.32. The minimum absolute atomic E-state index is 0.195. The molecular weight excluding hydrogens is 370 g/mol. The van der Waals surface area contributed by atoms with Crippen LogP contribution in [0.4, 0.5) is 4.79 Å². The summed E-state index contributed by atoms with van der Waals surface area (Å²) >= 11 is 0. The van der Waals surface area contributed by atoms with Crippen molar-refractivity contribution in [1.29, 1.82) is 0 Å². The maximum atomic E-state index is 12.1. The third-order valence-electron chi connectivity index (χ3n) is 5.32. The first-order valence-corrected chi connectivity index (χ1v) is 10.2. The molecule has 1 aliphatic rings. The Kier molecular flexibility index (Phi) is 6.56. The van der Waals surface area contributed by atoms with Crippen LogP contribution in [-0.2, 0) is 17.7 Å². The van der Waals surface area contributed by atoms with Gasteiger partial charge >= 0.3 is 12.1 Å². The van der Waals surface area contributed by atoms with E-state index in [1.165, 1.54) is 22.2 Å². The molecule has 0 fully saturated rings. The molecule has 3 rings (SSSR count). The van der Waals surface area contributed by atoms with Crippen molar-refractivity contribution in [1.82, 2.24) is 14.5 Å². The summed E-state index contributed by atoms with van der Waals surface area (Å²) in [5, 5.41) is 9.52. The molecule has 29 heavy (non-hydrogen) atoms. The van der Waals surface area contributed by atoms with E-state index in [4.69, 9.17) is 4.74 Å². The fraction of sp³-hybridized carbons (Fsp3) is 0.500. The molecule has 1 aromatic carbocycles. The number of esters is 1. The summed E-state index contributed by atoms with van der Waals surface area (Å²) in [4.78, 5) is 29.3. The number of carboxylic acid groups (broad SMARTS) is 1. The molecule has 1 aliphatic heterocycles. The van der Waals surface area contributed by atoms with Crippen molar-refractivity contribution >= 4 is 12.1 Å². The van der Waals surface area contributed by atoms with Crippen LogP contribution in [0.2, 0.25) is 0 Å². The van der Waals surface area contributed by atoms with Gasteiger partial charge < -0.3 is 19.3 Å². The van der Waals surface area contributed by atoms with Gasteiger partial charge in [-0.3, -0.25) is 0 Å². The van der Waals surface area contributed by atoms with E-state index < -0.39 is 6.09 Å². The van der Waals surface area contributed by atoms with Crippen LogP contribution in [0, 0.1) is 5.92 Å². The van der Waals surface area contributed by atoms with E-state index in [1.807, 2.05) is 0 Å². The lowest BCUT2D eigenvalue weighted by Gasteiger charge is -2.24. The number of hydrogen-bond acceptors (Lipinski definition) is 4. The normalized spacial score (nSPS) is 16.4. The number of rotatable bonds is 6. The summed E-state index contributed by atoms with van der Waals surface area (Å²) < 4.78 is 6.88. The summed E-state index contributed by atoms with van der Waals surface area (Å²) in [6.45, 7) is 7.98. The van der Waals surface area contributed by atoms with Crippen molar-refractivity contribution < 1.29 is 19.4 Å². The molecule has 1 unspecified atom stereocenters. The number of amides is 1. The Bertz CT molecular complexity index is 875. The molecular formula is C22H29N3O4. The number of ether oxygens (including phenoxy) is 1. The molecule has 0 radical (unpaired) electrons. The Balaban J connectivity index is 1.86. The second-order valence-electron chi connectivity index (χ2n) is 7.97. The van der Waals surface area contributed by atoms with E-state index in [-0.39, 0.29) is 11.9 Å². The molecule has 2 aromatic rings. The van der Waals surface area contributed by atoms with Crippen molar-refractivity contribution in [3.63, 3.8) is 0 Å². The standard InChI is InChI=1S/C22H29N3O4/c1-4-29-21(26)20-11-23-14-25(20)12-16-5-6-19-17(10-16)7-8-24(22(27)28)13-18(19)9-15(2)3/h5-6,10-11,14-15,18H,4,7-9,12-13H2,1-3H3,(H,27,28). The van der Waals surface area contributed by atoms with Gasteiger partial charge in [0, 0.05) is 25.6 Å². The van der Waals surface area contributed by atoms with Crippen LogP contribution in [0.1, 0.15) is 60.3 Å². The first-order valence-electron chi connectivity index (χ1n) is 10.2. The minimum atomic E-state index is -0.857. The van der Waals surface area contributed by atoms with Gasteiger partial charge in [-0.05, 0) is 42.4 Å². The van der Waals surface area contributed by atoms with Gasteiger partial charge in [0.2, 0.25) is 0 Å². The zero-order valence-corrected chi connectivity index (χ0v) is 17.3. The van der Waals surface area contributed by atoms with Crippen LogP contribution in [0.3, 0.4) is 0 Å². The zero-order valence-electron chi connectivity index (χ0n) is 17.3. The second kappa shape index (κ2) is 9.11. The largest absolute Gasteiger partial charge is 0.465 e. The Hall–Kier alpha value is -2.83. The Morgan fingerprint density at radius 2 is 2.14 bits per heavy atom. The second-order valence-corrected chi connectivity index (χ2v) is 7.97. The first kappa shape index (κ1) is 20.9. The molecule has 2 heterocycles. The van der Waals surface area contributed by atoms with Gasteiger partial charge in [-0.15, -0.1) is 0 Å². The molecule has 0 saturated heterocycles. The lowest BCUT2D eigenvalue weighted by atomic mass is 9.86. The third kappa shape index (κ3) is 4.96. The quantitative estimate of drug-likeness (QED) is 0.748. The summed E-state index contributed by atoms with van der Waals surface area (Å²) in [5.74, 6) is 0.300. The smallest absolute Gasteiger partial charge is 0.407 e. The van der Waals surface area contributed by atoms with Crippen LogP contribution in [0.5, 0.6) is 0 Å². The lowest BCUT2D eigenvalue weighted by Crippen LogP contribution is -2.33. The highest BCUT2D eigenvalue weighted by Crippen LogP contribution is 2.31. The van der Waals surface area contributed by atoms with Crippen LogP contribution >= 0.6 is 0 Å². The van der Waals surface area contributed by atoms with Gasteiger partial charge in [-0.25, -0.2) is 14.6 Å². The molecule has 1 N–H and O–H groups in total. The van der Waals surface area contributed by atoms with Crippen molar-refractivity contribution in [2.45, 2.75) is 46.1 Å². The highest BCUT2D eigenvalue weighted by Gasteiger charge is 2.26. The highest BCUT2D eigenvalue weighted by molar-refractivity contribution is 5.87. The number of hydrogen-bond donors (Lipinski definition) is 1. The van der Waals surface area contributed by atoms with E-state index >= 15 is 0 Å². The van der Waals surface area contributed by atoms with E-state index in [0.717, 1.165) is 12.0 Å². The van der Waals surface area contributed by atoms with Gasteiger partial charge in [-0.1, -0.05) is 32.0 Å². The molecule has 1 amide bonds. The predicted octanol–water partition coefficient (Wildman–Crippen LogP) is 3.77. The minimum Gasteiger partial charge on any atom is -0.465 e. The summed E-state index contributed by atoms with van der Waals surface area (Å²) in [6.07, 6.45) is 3.93. The predicted molar refractivity (Wildman–Crippen MR) is 109 cm³/mol. The fourth-order valence-corrected chi connectivity index (χ4v) is 4.05. The van der Waals surface area contributed by atoms with E-state index in [0.29, 0.717) is 44.3 Å². The molecule has 0 spiro atoms. The SMILES string of the molecule is CCOC(=O)c1cncn1Cc1ccc2c(c1)CCN(C(=O)O)CC2CC(C)C. The Labute approximate surface area is 171 Å². The maximum Gasteiger partial charge on any atom is 0.407 e. The topological polar surface area (TPSA) is 84.7 Å². The average Bonchev–Trinajstić information content (AvgIpc) is 3.04. The van der Waals surface area contributed by atoms with E-state index in [2.05, 4.69) is 37.0 Å². The summed E-state index contributed by atoms with van der Waals surface area (Å²) in [5.41, 5.74) is 3.91. The van der Waals surface area contributed by atoms with Crippen LogP contribution in [0.15, 0.2) is 30.7 Å². The number of fused-ring (bicyclic) bond motifs is 1. The van der Waals surface area contributed by atoms with Gasteiger partial charge in [-0.2, -0.15) is 0 Å². The number of carbonyl (C=O) groups excluding carboxylic acids is 1. The molecule has 1 aromatic heterocycles. The molecule has 7 heteroatoms. The van der Waals surface area contributed by atoms with Crippen molar-refractivity contribution in [2.24, 2.45) is 5.92 Å². The first-order chi connectivity index (χ1) is 13.9. The molecule has 0 bridgehead atoms. The number of aromatic nitrogens is 2. The molecule has 0 saturated carbocycles. The van der Waals surface area contributed by atoms with E-state index in [9.17, 15) is 14.7 Å². The molecule has 0 aliphatic carbocycles. The lowest BCUT2D eigenvalue weighted by molar-refractivity contribution is 0.0514. The zero-order chi connectivity index (χ0) is 21.0. The molecule has 7 nitrogen and oxygen atoms in total. The number of nitrogens with zero attached hydrogens (tertiary/aromatic N) is 3. The molecule has 1 atom stereocenters. The Morgan fingerprint density at radius 3 is 2.83 bits per heavy atom. The summed E-state index contributed by atoms with van der Waals surface area (Å²) in [7, 11) is 0.